The lowest BCUT2D eigenvalue weighted by Crippen LogP contribution is -2.37. The van der Waals surface area contributed by atoms with Gasteiger partial charge in [-0.3, -0.25) is 4.99 Å². The van der Waals surface area contributed by atoms with Crippen LogP contribution < -0.4 is 4.73 Å². The van der Waals surface area contributed by atoms with Crippen LogP contribution in [0.4, 0.5) is 0 Å². The van der Waals surface area contributed by atoms with Crippen LogP contribution >= 0.6 is 0 Å². The molecule has 1 aliphatic carbocycles. The summed E-state index contributed by atoms with van der Waals surface area (Å²) in [6.45, 7) is 0. The standard InChI is InChI=1S/C23H21N3O/c27-26-19-12-6-5-9-17(19)13-14-20(26)22-21(18-10-3-1-4-11-18)24-23(25-22)15-7-2-8-16-23/h1,3-6,9-14H,2,7-8,15-16H2. The average molecular weight is 355 g/mol. The molecule has 0 saturated heterocycles. The van der Waals surface area contributed by atoms with Crippen molar-refractivity contribution in [2.75, 3.05) is 0 Å². The molecule has 134 valence electrons. The number of para-hydroxylation sites is 1. The molecule has 1 spiro atoms. The lowest BCUT2D eigenvalue weighted by Gasteiger charge is -2.27. The Morgan fingerprint density at radius 1 is 0.741 bits per heavy atom. The minimum atomic E-state index is -0.391. The molecule has 2 aromatic carbocycles. The number of hydrogen-bond acceptors (Lipinski definition) is 3. The molecule has 0 unspecified atom stereocenters. The topological polar surface area (TPSA) is 51.7 Å². The van der Waals surface area contributed by atoms with Crippen molar-refractivity contribution in [3.8, 4) is 0 Å². The smallest absolute Gasteiger partial charge is 0.244 e. The van der Waals surface area contributed by atoms with Gasteiger partial charge in [-0.05, 0) is 37.8 Å². The largest absolute Gasteiger partial charge is 0.618 e. The zero-order chi connectivity index (χ0) is 18.3. The molecule has 1 fully saturated rings. The summed E-state index contributed by atoms with van der Waals surface area (Å²) in [4.78, 5) is 10.2. The lowest BCUT2D eigenvalue weighted by molar-refractivity contribution is -0.578. The predicted molar refractivity (Wildman–Crippen MR) is 108 cm³/mol. The zero-order valence-electron chi connectivity index (χ0n) is 15.1. The third-order valence-electron chi connectivity index (χ3n) is 5.60. The first-order valence-electron chi connectivity index (χ1n) is 9.63. The lowest BCUT2D eigenvalue weighted by atomic mass is 9.90. The number of aromatic nitrogens is 1. The van der Waals surface area contributed by atoms with Gasteiger partial charge in [0.1, 0.15) is 0 Å². The second-order valence-corrected chi connectivity index (χ2v) is 7.40. The highest BCUT2D eigenvalue weighted by molar-refractivity contribution is 6.54. The molecule has 4 nitrogen and oxygen atoms in total. The second-order valence-electron chi connectivity index (χ2n) is 7.40. The van der Waals surface area contributed by atoms with Crippen molar-refractivity contribution in [2.45, 2.75) is 37.8 Å². The Balaban J connectivity index is 1.70. The van der Waals surface area contributed by atoms with Crippen molar-refractivity contribution in [1.29, 1.82) is 0 Å². The molecule has 1 aliphatic heterocycles. The van der Waals surface area contributed by atoms with Crippen molar-refractivity contribution < 1.29 is 4.73 Å². The molecule has 0 N–H and O–H groups in total. The summed E-state index contributed by atoms with van der Waals surface area (Å²) < 4.78 is 1.01. The van der Waals surface area contributed by atoms with E-state index in [1.165, 1.54) is 6.42 Å². The SMILES string of the molecule is [O-][n+]1c(C2=NC3(CCCCC3)N=C2c2ccccc2)ccc2ccccc21. The summed E-state index contributed by atoms with van der Waals surface area (Å²) in [6.07, 6.45) is 5.42. The average Bonchev–Trinajstić information content (AvgIpc) is 3.08. The quantitative estimate of drug-likeness (QED) is 0.496. The summed E-state index contributed by atoms with van der Waals surface area (Å²) in [5, 5.41) is 14.1. The van der Waals surface area contributed by atoms with Crippen LogP contribution in [0.25, 0.3) is 10.9 Å². The maximum atomic E-state index is 13.1. The highest BCUT2D eigenvalue weighted by Gasteiger charge is 2.40. The van der Waals surface area contributed by atoms with E-state index in [2.05, 4.69) is 0 Å². The molecule has 4 heteroatoms. The molecule has 0 bridgehead atoms. The van der Waals surface area contributed by atoms with E-state index in [1.54, 1.807) is 0 Å². The Labute approximate surface area is 158 Å². The number of hydrogen-bond donors (Lipinski definition) is 0. The Bertz CT molecular complexity index is 1060. The van der Waals surface area contributed by atoms with E-state index in [0.717, 1.165) is 52.8 Å². The van der Waals surface area contributed by atoms with Crippen molar-refractivity contribution in [3.63, 3.8) is 0 Å². The van der Waals surface area contributed by atoms with E-state index < -0.39 is 5.66 Å². The van der Waals surface area contributed by atoms with Crippen LogP contribution in [-0.2, 0) is 0 Å². The van der Waals surface area contributed by atoms with Gasteiger partial charge in [0.2, 0.25) is 11.2 Å². The van der Waals surface area contributed by atoms with Gasteiger partial charge in [0.05, 0.1) is 5.71 Å². The second kappa shape index (κ2) is 6.31. The number of nitrogens with zero attached hydrogens (tertiary/aromatic N) is 3. The fraction of sp³-hybridized carbons (Fsp3) is 0.261. The van der Waals surface area contributed by atoms with E-state index in [-0.39, 0.29) is 0 Å². The maximum absolute atomic E-state index is 13.1. The molecular formula is C23H21N3O. The number of benzene rings is 2. The first kappa shape index (κ1) is 16.2. The van der Waals surface area contributed by atoms with Gasteiger partial charge < -0.3 is 5.21 Å². The number of aliphatic imine (C=N–C) groups is 2. The Hall–Kier alpha value is -3.01. The van der Waals surface area contributed by atoms with Crippen LogP contribution in [-0.4, -0.2) is 17.1 Å². The van der Waals surface area contributed by atoms with Crippen molar-refractivity contribution >= 4 is 22.3 Å². The molecule has 0 atom stereocenters. The van der Waals surface area contributed by atoms with Crippen LogP contribution in [0.3, 0.4) is 0 Å². The fourth-order valence-corrected chi connectivity index (χ4v) is 4.22. The highest BCUT2D eigenvalue weighted by Crippen LogP contribution is 2.37. The molecule has 1 saturated carbocycles. The van der Waals surface area contributed by atoms with Crippen molar-refractivity contribution in [3.05, 3.63) is 83.2 Å². The molecule has 2 aliphatic rings. The first-order chi connectivity index (χ1) is 13.3. The van der Waals surface area contributed by atoms with E-state index >= 15 is 0 Å². The molecule has 27 heavy (non-hydrogen) atoms. The molecule has 3 aromatic rings. The Morgan fingerprint density at radius 3 is 2.26 bits per heavy atom. The summed E-state index contributed by atoms with van der Waals surface area (Å²) in [5.41, 5.74) is 3.44. The van der Waals surface area contributed by atoms with Crippen molar-refractivity contribution in [2.24, 2.45) is 9.98 Å². The highest BCUT2D eigenvalue weighted by atomic mass is 16.5. The third-order valence-corrected chi connectivity index (χ3v) is 5.60. The number of rotatable bonds is 2. The van der Waals surface area contributed by atoms with Crippen LogP contribution in [0.1, 0.15) is 43.4 Å². The third kappa shape index (κ3) is 2.72. The van der Waals surface area contributed by atoms with Gasteiger partial charge in [-0.15, -0.1) is 0 Å². The van der Waals surface area contributed by atoms with Gasteiger partial charge in [0.25, 0.3) is 0 Å². The molecular weight excluding hydrogens is 334 g/mol. The Kier molecular flexibility index (Phi) is 3.78. The minimum absolute atomic E-state index is 0.391. The van der Waals surface area contributed by atoms with Crippen LogP contribution in [0, 0.1) is 5.21 Å². The molecule has 0 amide bonds. The van der Waals surface area contributed by atoms with Crippen LogP contribution in [0.2, 0.25) is 0 Å². The van der Waals surface area contributed by atoms with E-state index in [0.29, 0.717) is 11.2 Å². The zero-order valence-corrected chi connectivity index (χ0v) is 15.1. The first-order valence-corrected chi connectivity index (χ1v) is 9.63. The summed E-state index contributed by atoms with van der Waals surface area (Å²) in [5.74, 6) is 0. The van der Waals surface area contributed by atoms with E-state index in [9.17, 15) is 5.21 Å². The van der Waals surface area contributed by atoms with Gasteiger partial charge in [0, 0.05) is 23.1 Å². The summed E-state index contributed by atoms with van der Waals surface area (Å²) in [7, 11) is 0. The van der Waals surface area contributed by atoms with Crippen LogP contribution in [0.15, 0.2) is 76.7 Å². The fourth-order valence-electron chi connectivity index (χ4n) is 4.22. The molecule has 5 rings (SSSR count). The number of pyridine rings is 1. The summed E-state index contributed by atoms with van der Waals surface area (Å²) >= 11 is 0. The van der Waals surface area contributed by atoms with Gasteiger partial charge >= 0.3 is 0 Å². The van der Waals surface area contributed by atoms with Gasteiger partial charge in [0.15, 0.2) is 11.4 Å². The molecule has 2 heterocycles. The predicted octanol–water partition coefficient (Wildman–Crippen LogP) is 4.43. The normalized spacial score (nSPS) is 18.5. The maximum Gasteiger partial charge on any atom is 0.244 e. The number of fused-ring (bicyclic) bond motifs is 1. The molecule has 0 radical (unpaired) electrons. The minimum Gasteiger partial charge on any atom is -0.618 e. The Morgan fingerprint density at radius 2 is 1.44 bits per heavy atom. The van der Waals surface area contributed by atoms with Gasteiger partial charge in [-0.2, -0.15) is 4.73 Å². The van der Waals surface area contributed by atoms with Gasteiger partial charge in [-0.1, -0.05) is 48.9 Å². The van der Waals surface area contributed by atoms with Crippen molar-refractivity contribution in [1.82, 2.24) is 0 Å². The monoisotopic (exact) mass is 355 g/mol. The van der Waals surface area contributed by atoms with Crippen LogP contribution in [0.5, 0.6) is 0 Å². The van der Waals surface area contributed by atoms with E-state index in [1.807, 2.05) is 66.7 Å². The van der Waals surface area contributed by atoms with Gasteiger partial charge in [-0.25, -0.2) is 4.99 Å². The summed E-state index contributed by atoms with van der Waals surface area (Å²) in [6, 6.07) is 21.6. The van der Waals surface area contributed by atoms with E-state index in [4.69, 9.17) is 9.98 Å². The molecule has 1 aromatic heterocycles.